The van der Waals surface area contributed by atoms with Gasteiger partial charge >= 0.3 is 0 Å². The Morgan fingerprint density at radius 3 is 2.62 bits per heavy atom. The largest absolute Gasteiger partial charge is 0.326 e. The van der Waals surface area contributed by atoms with Crippen LogP contribution in [0.1, 0.15) is 38.7 Å². The highest BCUT2D eigenvalue weighted by atomic mass is 32.2. The number of benzene rings is 1. The van der Waals surface area contributed by atoms with Crippen molar-refractivity contribution in [3.8, 4) is 0 Å². The van der Waals surface area contributed by atoms with Crippen molar-refractivity contribution in [2.75, 3.05) is 25.0 Å². The van der Waals surface area contributed by atoms with Crippen LogP contribution in [0.3, 0.4) is 0 Å². The van der Waals surface area contributed by atoms with E-state index in [1.807, 2.05) is 13.8 Å². The number of rotatable bonds is 7. The average Bonchev–Trinajstić information content (AvgIpc) is 3.02. The summed E-state index contributed by atoms with van der Waals surface area (Å²) in [7, 11) is -3.54. The lowest BCUT2D eigenvalue weighted by molar-refractivity contribution is -0.116. The highest BCUT2D eigenvalue weighted by Crippen LogP contribution is 2.24. The third kappa shape index (κ3) is 4.34. The lowest BCUT2D eigenvalue weighted by Gasteiger charge is -2.20. The predicted molar refractivity (Wildman–Crippen MR) is 95.6 cm³/mol. The molecule has 1 aliphatic heterocycles. The molecule has 1 fully saturated rings. The number of nitrogens with zero attached hydrogens (tertiary/aromatic N) is 1. The maximum absolute atomic E-state index is 12.7. The van der Waals surface area contributed by atoms with Crippen molar-refractivity contribution in [3.05, 3.63) is 23.8 Å². The molecule has 0 saturated carbocycles. The van der Waals surface area contributed by atoms with E-state index in [4.69, 9.17) is 0 Å². The van der Waals surface area contributed by atoms with Gasteiger partial charge in [0.2, 0.25) is 15.9 Å². The van der Waals surface area contributed by atoms with E-state index in [0.29, 0.717) is 30.8 Å². The van der Waals surface area contributed by atoms with Gasteiger partial charge < -0.3 is 10.6 Å². The van der Waals surface area contributed by atoms with Crippen molar-refractivity contribution in [3.63, 3.8) is 0 Å². The Labute approximate surface area is 144 Å². The molecule has 1 atom stereocenters. The number of hydrogen-bond donors (Lipinski definition) is 2. The van der Waals surface area contributed by atoms with Gasteiger partial charge in [0.1, 0.15) is 0 Å². The van der Waals surface area contributed by atoms with Crippen LogP contribution in [0.4, 0.5) is 5.69 Å². The molecule has 1 unspecified atom stereocenters. The van der Waals surface area contributed by atoms with E-state index in [-0.39, 0.29) is 16.8 Å². The van der Waals surface area contributed by atoms with Gasteiger partial charge in [-0.1, -0.05) is 19.9 Å². The van der Waals surface area contributed by atoms with Crippen LogP contribution in [-0.2, 0) is 14.8 Å². The van der Waals surface area contributed by atoms with Gasteiger partial charge in [-0.05, 0) is 44.0 Å². The molecule has 1 aromatic carbocycles. The van der Waals surface area contributed by atoms with E-state index in [0.717, 1.165) is 19.4 Å². The average molecular weight is 353 g/mol. The Kier molecular flexibility index (Phi) is 6.37. The number of carbonyl (C=O) groups excluding carboxylic acids is 1. The van der Waals surface area contributed by atoms with Crippen molar-refractivity contribution in [2.45, 2.75) is 51.0 Å². The summed E-state index contributed by atoms with van der Waals surface area (Å²) in [4.78, 5) is 12.4. The quantitative estimate of drug-likeness (QED) is 0.787. The number of carbonyl (C=O) groups is 1. The number of amides is 1. The zero-order chi connectivity index (χ0) is 17.7. The standard InChI is InChI=1S/C17H27N3O3S/c1-4-20(5-2)24(22,23)16-11-15(9-8-13(16)3)19-17(21)12-14-7-6-10-18-14/h8-9,11,14,18H,4-7,10,12H2,1-3H3,(H,19,21). The van der Waals surface area contributed by atoms with Crippen molar-refractivity contribution >= 4 is 21.6 Å². The second-order valence-electron chi connectivity index (χ2n) is 6.12. The molecule has 24 heavy (non-hydrogen) atoms. The Morgan fingerprint density at radius 2 is 2.04 bits per heavy atom. The molecular weight excluding hydrogens is 326 g/mol. The van der Waals surface area contributed by atoms with Crippen LogP contribution in [0, 0.1) is 6.92 Å². The molecular formula is C17H27N3O3S. The van der Waals surface area contributed by atoms with Crippen LogP contribution in [0.25, 0.3) is 0 Å². The number of hydrogen-bond acceptors (Lipinski definition) is 4. The van der Waals surface area contributed by atoms with Crippen LogP contribution in [0.2, 0.25) is 0 Å². The summed E-state index contributed by atoms with van der Waals surface area (Å²) in [6, 6.07) is 5.26. The summed E-state index contributed by atoms with van der Waals surface area (Å²) >= 11 is 0. The predicted octanol–water partition coefficient (Wildman–Crippen LogP) is 2.11. The summed E-state index contributed by atoms with van der Waals surface area (Å²) in [6.07, 6.45) is 2.50. The van der Waals surface area contributed by atoms with Crippen molar-refractivity contribution in [1.29, 1.82) is 0 Å². The minimum atomic E-state index is -3.54. The summed E-state index contributed by atoms with van der Waals surface area (Å²) in [5.41, 5.74) is 1.20. The first kappa shape index (κ1) is 18.9. The van der Waals surface area contributed by atoms with E-state index in [9.17, 15) is 13.2 Å². The number of nitrogens with one attached hydrogen (secondary N) is 2. The van der Waals surface area contributed by atoms with Crippen LogP contribution < -0.4 is 10.6 Å². The monoisotopic (exact) mass is 353 g/mol. The van der Waals surface area contributed by atoms with E-state index < -0.39 is 10.0 Å². The van der Waals surface area contributed by atoms with Gasteiger partial charge in [-0.15, -0.1) is 0 Å². The molecule has 134 valence electrons. The van der Waals surface area contributed by atoms with Crippen molar-refractivity contribution in [1.82, 2.24) is 9.62 Å². The molecule has 2 N–H and O–H groups in total. The fourth-order valence-electron chi connectivity index (χ4n) is 3.03. The summed E-state index contributed by atoms with van der Waals surface area (Å²) in [6.45, 7) is 7.19. The molecule has 1 aliphatic rings. The molecule has 1 heterocycles. The Morgan fingerprint density at radius 1 is 1.33 bits per heavy atom. The third-order valence-corrected chi connectivity index (χ3v) is 6.58. The van der Waals surface area contributed by atoms with Gasteiger partial charge in [0.05, 0.1) is 4.90 Å². The number of anilines is 1. The third-order valence-electron chi connectivity index (χ3n) is 4.39. The summed E-state index contributed by atoms with van der Waals surface area (Å²) in [5.74, 6) is -0.0931. The van der Waals surface area contributed by atoms with Gasteiger partial charge in [-0.25, -0.2) is 8.42 Å². The normalized spacial score (nSPS) is 18.1. The van der Waals surface area contributed by atoms with E-state index in [1.165, 1.54) is 4.31 Å². The molecule has 2 rings (SSSR count). The molecule has 1 saturated heterocycles. The topological polar surface area (TPSA) is 78.5 Å². The molecule has 1 amide bonds. The van der Waals surface area contributed by atoms with Gasteiger partial charge in [-0.3, -0.25) is 4.79 Å². The Hall–Kier alpha value is -1.44. The molecule has 0 aromatic heterocycles. The van der Waals surface area contributed by atoms with Crippen LogP contribution >= 0.6 is 0 Å². The SMILES string of the molecule is CCN(CC)S(=O)(=O)c1cc(NC(=O)CC2CCCN2)ccc1C. The van der Waals surface area contributed by atoms with Crippen molar-refractivity contribution in [2.24, 2.45) is 0 Å². The molecule has 1 aromatic rings. The van der Waals surface area contributed by atoms with E-state index in [1.54, 1.807) is 25.1 Å². The smallest absolute Gasteiger partial charge is 0.243 e. The fourth-order valence-corrected chi connectivity index (χ4v) is 4.73. The van der Waals surface area contributed by atoms with Gasteiger partial charge in [0.15, 0.2) is 0 Å². The number of sulfonamides is 1. The maximum atomic E-state index is 12.7. The van der Waals surface area contributed by atoms with E-state index in [2.05, 4.69) is 10.6 Å². The molecule has 0 aliphatic carbocycles. The van der Waals surface area contributed by atoms with Gasteiger partial charge in [0, 0.05) is 31.2 Å². The first-order valence-corrected chi connectivity index (χ1v) is 9.96. The van der Waals surface area contributed by atoms with Gasteiger partial charge in [0.25, 0.3) is 0 Å². The zero-order valence-electron chi connectivity index (χ0n) is 14.6. The Balaban J connectivity index is 2.17. The second-order valence-corrected chi connectivity index (χ2v) is 8.02. The van der Waals surface area contributed by atoms with E-state index >= 15 is 0 Å². The lowest BCUT2D eigenvalue weighted by Crippen LogP contribution is -2.31. The van der Waals surface area contributed by atoms with Crippen molar-refractivity contribution < 1.29 is 13.2 Å². The minimum absolute atomic E-state index is 0.0931. The van der Waals surface area contributed by atoms with Crippen LogP contribution in [0.15, 0.2) is 23.1 Å². The first-order valence-electron chi connectivity index (χ1n) is 8.52. The highest BCUT2D eigenvalue weighted by Gasteiger charge is 2.24. The minimum Gasteiger partial charge on any atom is -0.326 e. The highest BCUT2D eigenvalue weighted by molar-refractivity contribution is 7.89. The maximum Gasteiger partial charge on any atom is 0.243 e. The zero-order valence-corrected chi connectivity index (χ0v) is 15.4. The van der Waals surface area contributed by atoms with Crippen LogP contribution in [0.5, 0.6) is 0 Å². The second kappa shape index (κ2) is 8.09. The molecule has 6 nitrogen and oxygen atoms in total. The van der Waals surface area contributed by atoms with Gasteiger partial charge in [-0.2, -0.15) is 4.31 Å². The molecule has 0 bridgehead atoms. The molecule has 7 heteroatoms. The summed E-state index contributed by atoms with van der Waals surface area (Å²) < 4.78 is 26.9. The fraction of sp³-hybridized carbons (Fsp3) is 0.588. The lowest BCUT2D eigenvalue weighted by atomic mass is 10.1. The first-order chi connectivity index (χ1) is 11.4. The molecule has 0 radical (unpaired) electrons. The summed E-state index contributed by atoms with van der Waals surface area (Å²) in [5, 5.41) is 6.11. The Bertz CT molecular complexity index is 678. The number of aryl methyl sites for hydroxylation is 1. The van der Waals surface area contributed by atoms with Crippen LogP contribution in [-0.4, -0.2) is 44.3 Å². The molecule has 0 spiro atoms.